The van der Waals surface area contributed by atoms with Crippen LogP contribution in [-0.4, -0.2) is 32.3 Å². The second kappa shape index (κ2) is 11.5. The third kappa shape index (κ3) is 5.98. The fourth-order valence-electron chi connectivity index (χ4n) is 3.53. The third-order valence-corrected chi connectivity index (χ3v) is 6.92. The van der Waals surface area contributed by atoms with E-state index < -0.39 is 0 Å². The van der Waals surface area contributed by atoms with Crippen LogP contribution >= 0.6 is 23.4 Å². The predicted molar refractivity (Wildman–Crippen MR) is 137 cm³/mol. The summed E-state index contributed by atoms with van der Waals surface area (Å²) in [6.07, 6.45) is 0. The second-order valence-corrected chi connectivity index (χ2v) is 9.69. The van der Waals surface area contributed by atoms with Gasteiger partial charge in [0, 0.05) is 12.2 Å². The summed E-state index contributed by atoms with van der Waals surface area (Å²) in [5.41, 5.74) is 3.40. The Bertz CT molecular complexity index is 1180. The molecule has 0 saturated carbocycles. The van der Waals surface area contributed by atoms with Crippen LogP contribution in [0.5, 0.6) is 0 Å². The van der Waals surface area contributed by atoms with Crippen LogP contribution in [0.3, 0.4) is 0 Å². The monoisotopic (exact) mass is 499 g/mol. The Labute approximate surface area is 209 Å². The van der Waals surface area contributed by atoms with Gasteiger partial charge in [0.1, 0.15) is 0 Å². The molecule has 0 aliphatic heterocycles. The van der Waals surface area contributed by atoms with E-state index in [0.29, 0.717) is 28.1 Å². The molecule has 0 unspecified atom stereocenters. The van der Waals surface area contributed by atoms with Crippen molar-refractivity contribution in [3.8, 4) is 0 Å². The van der Waals surface area contributed by atoms with Crippen LogP contribution < -0.4 is 10.6 Å². The third-order valence-electron chi connectivity index (χ3n) is 5.62. The molecule has 2 aromatic carbocycles. The highest BCUT2D eigenvalue weighted by atomic mass is 35.5. The van der Waals surface area contributed by atoms with E-state index in [4.69, 9.17) is 11.6 Å². The van der Waals surface area contributed by atoms with E-state index >= 15 is 0 Å². The molecule has 180 valence electrons. The smallest absolute Gasteiger partial charge is 0.253 e. The number of benzene rings is 2. The largest absolute Gasteiger partial charge is 0.342 e. The number of halogens is 1. The van der Waals surface area contributed by atoms with Crippen LogP contribution in [0.2, 0.25) is 5.02 Å². The van der Waals surface area contributed by atoms with E-state index in [9.17, 15) is 9.59 Å². The summed E-state index contributed by atoms with van der Waals surface area (Å²) in [5, 5.41) is 15.7. The summed E-state index contributed by atoms with van der Waals surface area (Å²) >= 11 is 7.52. The van der Waals surface area contributed by atoms with Crippen molar-refractivity contribution in [1.82, 2.24) is 20.1 Å². The van der Waals surface area contributed by atoms with Crippen molar-refractivity contribution in [2.24, 2.45) is 5.92 Å². The number of hydrogen-bond acceptors (Lipinski definition) is 5. The molecule has 1 heterocycles. The molecular formula is C25H30ClN5O2S. The average Bonchev–Trinajstić information content (AvgIpc) is 3.21. The number of anilines is 1. The average molecular weight is 500 g/mol. The highest BCUT2D eigenvalue weighted by Gasteiger charge is 2.26. The molecule has 0 spiro atoms. The van der Waals surface area contributed by atoms with Crippen molar-refractivity contribution < 1.29 is 9.59 Å². The van der Waals surface area contributed by atoms with Crippen LogP contribution in [-0.2, 0) is 11.3 Å². The lowest BCUT2D eigenvalue weighted by molar-refractivity contribution is -0.113. The van der Waals surface area contributed by atoms with Crippen molar-refractivity contribution in [3.63, 3.8) is 0 Å². The standard InChI is InChI=1S/C25H30ClN5O2S/c1-6-31-23(22(15(2)3)28-24(33)18-11-7-8-12-19(18)26)29-30-25(31)34-14-21(32)27-20-13-9-10-16(4)17(20)5/h7-13,15,22H,6,14H2,1-5H3,(H,27,32)(H,28,33)/t22-/m0/s1. The molecule has 0 saturated heterocycles. The number of carbonyl (C=O) groups excluding carboxylic acids is 2. The summed E-state index contributed by atoms with van der Waals surface area (Å²) in [5.74, 6) is 0.529. The maximum atomic E-state index is 12.9. The molecule has 0 aliphatic carbocycles. The van der Waals surface area contributed by atoms with Gasteiger partial charge >= 0.3 is 0 Å². The zero-order valence-corrected chi connectivity index (χ0v) is 21.6. The highest BCUT2D eigenvalue weighted by molar-refractivity contribution is 7.99. The van der Waals surface area contributed by atoms with Gasteiger partial charge in [-0.05, 0) is 56.0 Å². The maximum Gasteiger partial charge on any atom is 0.253 e. The van der Waals surface area contributed by atoms with E-state index in [0.717, 1.165) is 16.8 Å². The summed E-state index contributed by atoms with van der Waals surface area (Å²) in [6.45, 7) is 10.6. The van der Waals surface area contributed by atoms with Gasteiger partial charge in [0.2, 0.25) is 5.91 Å². The van der Waals surface area contributed by atoms with Crippen LogP contribution in [0.4, 0.5) is 5.69 Å². The molecule has 34 heavy (non-hydrogen) atoms. The maximum absolute atomic E-state index is 12.9. The number of aromatic nitrogens is 3. The highest BCUT2D eigenvalue weighted by Crippen LogP contribution is 2.27. The van der Waals surface area contributed by atoms with Gasteiger partial charge in [-0.1, -0.05) is 61.5 Å². The number of amides is 2. The summed E-state index contributed by atoms with van der Waals surface area (Å²) in [4.78, 5) is 25.5. The predicted octanol–water partition coefficient (Wildman–Crippen LogP) is 5.43. The van der Waals surface area contributed by atoms with Gasteiger partial charge < -0.3 is 15.2 Å². The fraction of sp³-hybridized carbons (Fsp3) is 0.360. The van der Waals surface area contributed by atoms with Gasteiger partial charge in [-0.25, -0.2) is 0 Å². The van der Waals surface area contributed by atoms with Gasteiger partial charge in [0.25, 0.3) is 5.91 Å². The first-order chi connectivity index (χ1) is 16.2. The first kappa shape index (κ1) is 25.8. The van der Waals surface area contributed by atoms with Crippen LogP contribution in [0, 0.1) is 19.8 Å². The number of carbonyl (C=O) groups is 2. The van der Waals surface area contributed by atoms with E-state index in [-0.39, 0.29) is 29.5 Å². The quantitative estimate of drug-likeness (QED) is 0.383. The summed E-state index contributed by atoms with van der Waals surface area (Å²) in [7, 11) is 0. The Morgan fingerprint density at radius 3 is 2.50 bits per heavy atom. The first-order valence-electron chi connectivity index (χ1n) is 11.2. The minimum Gasteiger partial charge on any atom is -0.342 e. The van der Waals surface area contributed by atoms with E-state index in [1.165, 1.54) is 11.8 Å². The van der Waals surface area contributed by atoms with E-state index in [1.54, 1.807) is 24.3 Å². The lowest BCUT2D eigenvalue weighted by atomic mass is 10.0. The van der Waals surface area contributed by atoms with Gasteiger partial charge in [-0.2, -0.15) is 0 Å². The lowest BCUT2D eigenvalue weighted by Gasteiger charge is -2.22. The topological polar surface area (TPSA) is 88.9 Å². The number of thioether (sulfide) groups is 1. The molecule has 3 rings (SSSR count). The molecule has 0 bridgehead atoms. The molecule has 0 aliphatic rings. The summed E-state index contributed by atoms with van der Waals surface area (Å²) in [6, 6.07) is 12.4. The number of nitrogens with one attached hydrogen (secondary N) is 2. The Morgan fingerprint density at radius 1 is 1.09 bits per heavy atom. The van der Waals surface area contributed by atoms with Gasteiger partial charge in [0.05, 0.1) is 22.4 Å². The summed E-state index contributed by atoms with van der Waals surface area (Å²) < 4.78 is 1.94. The Balaban J connectivity index is 1.73. The van der Waals surface area contributed by atoms with Crippen molar-refractivity contribution in [2.45, 2.75) is 52.4 Å². The SMILES string of the molecule is CCn1c(SCC(=O)Nc2cccc(C)c2C)nnc1[C@@H](NC(=O)c1ccccc1Cl)C(C)C. The zero-order valence-electron chi connectivity index (χ0n) is 20.1. The van der Waals surface area contributed by atoms with E-state index in [2.05, 4.69) is 20.8 Å². The Hall–Kier alpha value is -2.84. The molecular weight excluding hydrogens is 470 g/mol. The molecule has 0 radical (unpaired) electrons. The molecule has 1 aromatic heterocycles. The zero-order chi connectivity index (χ0) is 24.8. The van der Waals surface area contributed by atoms with E-state index in [1.807, 2.05) is 57.4 Å². The minimum absolute atomic E-state index is 0.0615. The number of rotatable bonds is 9. The van der Waals surface area contributed by atoms with Crippen molar-refractivity contribution in [3.05, 3.63) is 70.0 Å². The number of aryl methyl sites for hydroxylation is 1. The van der Waals surface area contributed by atoms with Crippen molar-refractivity contribution in [2.75, 3.05) is 11.1 Å². The molecule has 2 N–H and O–H groups in total. The fourth-order valence-corrected chi connectivity index (χ4v) is 4.56. The second-order valence-electron chi connectivity index (χ2n) is 8.34. The molecule has 7 nitrogen and oxygen atoms in total. The number of nitrogens with zero attached hydrogens (tertiary/aromatic N) is 3. The van der Waals surface area contributed by atoms with Crippen molar-refractivity contribution in [1.29, 1.82) is 0 Å². The first-order valence-corrected chi connectivity index (χ1v) is 12.6. The Morgan fingerprint density at radius 2 is 1.82 bits per heavy atom. The molecule has 1 atom stereocenters. The minimum atomic E-state index is -0.366. The van der Waals surface area contributed by atoms with Crippen LogP contribution in [0.15, 0.2) is 47.6 Å². The van der Waals surface area contributed by atoms with Gasteiger partial charge in [-0.15, -0.1) is 10.2 Å². The molecule has 3 aromatic rings. The number of hydrogen-bond donors (Lipinski definition) is 2. The lowest BCUT2D eigenvalue weighted by Crippen LogP contribution is -2.34. The molecule has 9 heteroatoms. The van der Waals surface area contributed by atoms with Crippen LogP contribution in [0.25, 0.3) is 0 Å². The molecule has 0 fully saturated rings. The Kier molecular flexibility index (Phi) is 8.74. The van der Waals surface area contributed by atoms with Gasteiger partial charge in [-0.3, -0.25) is 9.59 Å². The molecule has 2 amide bonds. The van der Waals surface area contributed by atoms with Gasteiger partial charge in [0.15, 0.2) is 11.0 Å². The van der Waals surface area contributed by atoms with Crippen molar-refractivity contribution >= 4 is 40.9 Å². The van der Waals surface area contributed by atoms with Crippen LogP contribution in [0.1, 0.15) is 54.1 Å². The normalized spacial score (nSPS) is 12.0.